The Bertz CT molecular complexity index is 1050. The van der Waals surface area contributed by atoms with Crippen LogP contribution in [0.5, 0.6) is 5.75 Å². The highest BCUT2D eigenvalue weighted by atomic mass is 19.2. The van der Waals surface area contributed by atoms with Crippen molar-refractivity contribution in [2.24, 2.45) is 0 Å². The summed E-state index contributed by atoms with van der Waals surface area (Å²) in [5.74, 6) is -2.83. The molecule has 1 aromatic heterocycles. The third kappa shape index (κ3) is 4.37. The van der Waals surface area contributed by atoms with Gasteiger partial charge in [-0.3, -0.25) is 10.1 Å². The topological polar surface area (TPSA) is 96.5 Å². The molecule has 2 aromatic carbocycles. The summed E-state index contributed by atoms with van der Waals surface area (Å²) in [7, 11) is 0. The Kier molecular flexibility index (Phi) is 5.82. The molecule has 0 aliphatic rings. The minimum absolute atomic E-state index is 0.00883. The molecule has 0 bridgehead atoms. The Morgan fingerprint density at radius 1 is 1.21 bits per heavy atom. The molecule has 0 fully saturated rings. The van der Waals surface area contributed by atoms with Crippen LogP contribution in [0.2, 0.25) is 0 Å². The van der Waals surface area contributed by atoms with Gasteiger partial charge >= 0.3 is 5.97 Å². The number of nitro groups is 1. The van der Waals surface area contributed by atoms with Gasteiger partial charge in [-0.2, -0.15) is 5.10 Å². The average molecular weight is 403 g/mol. The van der Waals surface area contributed by atoms with Gasteiger partial charge < -0.3 is 9.47 Å². The zero-order valence-electron chi connectivity index (χ0n) is 15.2. The third-order valence-electron chi connectivity index (χ3n) is 3.89. The van der Waals surface area contributed by atoms with Gasteiger partial charge in [-0.05, 0) is 25.1 Å². The number of ether oxygens (including phenoxy) is 2. The van der Waals surface area contributed by atoms with Crippen molar-refractivity contribution < 1.29 is 28.0 Å². The molecular formula is C19H15F2N3O5. The van der Waals surface area contributed by atoms with E-state index in [1.807, 2.05) is 0 Å². The molecule has 0 radical (unpaired) electrons. The molecule has 0 saturated carbocycles. The van der Waals surface area contributed by atoms with Crippen LogP contribution in [0.15, 0.2) is 48.7 Å². The molecule has 8 nitrogen and oxygen atoms in total. The maximum Gasteiger partial charge on any atom is 0.362 e. The molecule has 150 valence electrons. The number of esters is 1. The van der Waals surface area contributed by atoms with E-state index in [1.54, 1.807) is 6.92 Å². The standard InChI is InChI=1S/C19H15F2N3O5/c1-2-28-19(25)18-16(29-11-12-4-3-5-15(20)17(12)21)10-23(22-18)13-6-8-14(9-7-13)24(26)27/h3-10H,2,11H2,1H3. The number of carbonyl (C=O) groups excluding carboxylic acids is 1. The van der Waals surface area contributed by atoms with Crippen LogP contribution < -0.4 is 4.74 Å². The molecule has 0 N–H and O–H groups in total. The van der Waals surface area contributed by atoms with Crippen LogP contribution >= 0.6 is 0 Å². The van der Waals surface area contributed by atoms with Crippen LogP contribution in [-0.2, 0) is 11.3 Å². The molecule has 29 heavy (non-hydrogen) atoms. The lowest BCUT2D eigenvalue weighted by Gasteiger charge is -2.07. The van der Waals surface area contributed by atoms with Crippen molar-refractivity contribution in [2.75, 3.05) is 6.61 Å². The Morgan fingerprint density at radius 2 is 1.93 bits per heavy atom. The molecular weight excluding hydrogens is 388 g/mol. The third-order valence-corrected chi connectivity index (χ3v) is 3.89. The molecule has 0 saturated heterocycles. The molecule has 0 aliphatic carbocycles. The van der Waals surface area contributed by atoms with Gasteiger partial charge in [-0.1, -0.05) is 12.1 Å². The summed E-state index contributed by atoms with van der Waals surface area (Å²) in [5.41, 5.74) is 0.113. The SMILES string of the molecule is CCOC(=O)c1nn(-c2ccc([N+](=O)[O-])cc2)cc1OCc1cccc(F)c1F. The number of carbonyl (C=O) groups is 1. The van der Waals surface area contributed by atoms with E-state index in [0.29, 0.717) is 5.69 Å². The molecule has 10 heteroatoms. The van der Waals surface area contributed by atoms with Gasteiger partial charge in [0, 0.05) is 17.7 Å². The number of rotatable bonds is 7. The lowest BCUT2D eigenvalue weighted by atomic mass is 10.2. The minimum Gasteiger partial charge on any atom is -0.485 e. The van der Waals surface area contributed by atoms with E-state index in [1.165, 1.54) is 47.3 Å². The van der Waals surface area contributed by atoms with Gasteiger partial charge in [0.05, 0.1) is 23.4 Å². The van der Waals surface area contributed by atoms with Gasteiger partial charge in [0.1, 0.15) is 6.61 Å². The molecule has 0 spiro atoms. The van der Waals surface area contributed by atoms with Gasteiger partial charge in [-0.15, -0.1) is 0 Å². The number of nitro benzene ring substituents is 1. The van der Waals surface area contributed by atoms with E-state index < -0.39 is 22.5 Å². The van der Waals surface area contributed by atoms with E-state index >= 15 is 0 Å². The van der Waals surface area contributed by atoms with Crippen molar-refractivity contribution in [1.82, 2.24) is 9.78 Å². The maximum atomic E-state index is 13.8. The van der Waals surface area contributed by atoms with Crippen LogP contribution in [0.1, 0.15) is 23.0 Å². The summed E-state index contributed by atoms with van der Waals surface area (Å²) in [6.07, 6.45) is 1.35. The lowest BCUT2D eigenvalue weighted by molar-refractivity contribution is -0.384. The fraction of sp³-hybridized carbons (Fsp3) is 0.158. The zero-order chi connectivity index (χ0) is 21.0. The monoisotopic (exact) mass is 403 g/mol. The highest BCUT2D eigenvalue weighted by Gasteiger charge is 2.21. The van der Waals surface area contributed by atoms with Gasteiger partial charge in [-0.25, -0.2) is 18.3 Å². The van der Waals surface area contributed by atoms with E-state index in [-0.39, 0.29) is 35.9 Å². The van der Waals surface area contributed by atoms with Crippen LogP contribution in [0.3, 0.4) is 0 Å². The minimum atomic E-state index is -1.05. The normalized spacial score (nSPS) is 10.6. The van der Waals surface area contributed by atoms with Crippen molar-refractivity contribution in [3.05, 3.63) is 81.7 Å². The van der Waals surface area contributed by atoms with Crippen LogP contribution in [0.25, 0.3) is 5.69 Å². The van der Waals surface area contributed by atoms with Crippen molar-refractivity contribution in [1.29, 1.82) is 0 Å². The Morgan fingerprint density at radius 3 is 2.59 bits per heavy atom. The van der Waals surface area contributed by atoms with E-state index in [0.717, 1.165) is 6.07 Å². The second kappa shape index (κ2) is 8.46. The largest absolute Gasteiger partial charge is 0.485 e. The second-order valence-corrected chi connectivity index (χ2v) is 5.78. The number of hydrogen-bond donors (Lipinski definition) is 0. The highest BCUT2D eigenvalue weighted by molar-refractivity contribution is 5.90. The maximum absolute atomic E-state index is 13.8. The number of halogens is 2. The first-order valence-corrected chi connectivity index (χ1v) is 8.48. The highest BCUT2D eigenvalue weighted by Crippen LogP contribution is 2.24. The van der Waals surface area contributed by atoms with Crippen molar-refractivity contribution >= 4 is 11.7 Å². The second-order valence-electron chi connectivity index (χ2n) is 5.78. The zero-order valence-corrected chi connectivity index (χ0v) is 15.2. The Hall–Kier alpha value is -3.82. The summed E-state index contributed by atoms with van der Waals surface area (Å²) in [5, 5.41) is 14.9. The first-order valence-electron chi connectivity index (χ1n) is 8.48. The van der Waals surface area contributed by atoms with E-state index in [9.17, 15) is 23.7 Å². The summed E-state index contributed by atoms with van der Waals surface area (Å²) in [6, 6.07) is 9.11. The first kappa shape index (κ1) is 19.9. The quantitative estimate of drug-likeness (QED) is 0.338. The average Bonchev–Trinajstić information content (AvgIpc) is 3.14. The number of aromatic nitrogens is 2. The fourth-order valence-corrected chi connectivity index (χ4v) is 2.48. The summed E-state index contributed by atoms with van der Waals surface area (Å²) in [6.45, 7) is 1.37. The van der Waals surface area contributed by atoms with E-state index in [4.69, 9.17) is 9.47 Å². The molecule has 0 aliphatic heterocycles. The smallest absolute Gasteiger partial charge is 0.362 e. The number of non-ortho nitro benzene ring substituents is 1. The number of nitrogens with zero attached hydrogens (tertiary/aromatic N) is 3. The fourth-order valence-electron chi connectivity index (χ4n) is 2.48. The van der Waals surface area contributed by atoms with E-state index in [2.05, 4.69) is 5.10 Å². The molecule has 0 amide bonds. The van der Waals surface area contributed by atoms with Crippen molar-refractivity contribution in [3.8, 4) is 11.4 Å². The van der Waals surface area contributed by atoms with Crippen molar-refractivity contribution in [2.45, 2.75) is 13.5 Å². The molecule has 1 heterocycles. The predicted octanol–water partition coefficient (Wildman–Crippen LogP) is 3.81. The summed E-state index contributed by atoms with van der Waals surface area (Å²) in [4.78, 5) is 22.4. The summed E-state index contributed by atoms with van der Waals surface area (Å²) >= 11 is 0. The predicted molar refractivity (Wildman–Crippen MR) is 96.9 cm³/mol. The van der Waals surface area contributed by atoms with Gasteiger partial charge in [0.2, 0.25) is 5.69 Å². The number of benzene rings is 2. The Labute approximate surface area is 163 Å². The van der Waals surface area contributed by atoms with Crippen molar-refractivity contribution in [3.63, 3.8) is 0 Å². The Balaban J connectivity index is 1.91. The van der Waals surface area contributed by atoms with Crippen LogP contribution in [-0.4, -0.2) is 27.3 Å². The molecule has 3 aromatic rings. The van der Waals surface area contributed by atoms with Crippen LogP contribution in [0.4, 0.5) is 14.5 Å². The number of hydrogen-bond acceptors (Lipinski definition) is 6. The molecule has 3 rings (SSSR count). The molecule has 0 unspecified atom stereocenters. The molecule has 0 atom stereocenters. The van der Waals surface area contributed by atoms with Gasteiger partial charge in [0.15, 0.2) is 17.4 Å². The first-order chi connectivity index (χ1) is 13.9. The lowest BCUT2D eigenvalue weighted by Crippen LogP contribution is -2.09. The van der Waals surface area contributed by atoms with Gasteiger partial charge in [0.25, 0.3) is 5.69 Å². The summed E-state index contributed by atoms with van der Waals surface area (Å²) < 4.78 is 38.9. The van der Waals surface area contributed by atoms with Crippen LogP contribution in [0, 0.1) is 21.7 Å².